The molecule has 0 amide bonds. The Morgan fingerprint density at radius 1 is 0.344 bits per heavy atom. The van der Waals surface area contributed by atoms with Gasteiger partial charge in [0.05, 0.1) is 0 Å². The lowest BCUT2D eigenvalue weighted by atomic mass is 10.1. The first-order chi connectivity index (χ1) is 30.0. The van der Waals surface area contributed by atoms with E-state index >= 15 is 0 Å². The Balaban J connectivity index is 4.46. The fourth-order valence-electron chi connectivity index (χ4n) is 6.88. The van der Waals surface area contributed by atoms with Crippen molar-refractivity contribution in [3.8, 4) is 0 Å². The van der Waals surface area contributed by atoms with Crippen LogP contribution < -0.4 is 0 Å². The Morgan fingerprint density at radius 2 is 0.656 bits per heavy atom. The monoisotopic (exact) mass is 851 g/mol. The van der Waals surface area contributed by atoms with E-state index in [1.807, 2.05) is 0 Å². The molecule has 0 saturated heterocycles. The smallest absolute Gasteiger partial charge is 0.306 e. The standard InChI is InChI=1S/C55H94O6/c1-4-7-10-13-16-19-22-24-26-28-30-31-33-36-39-42-45-48-54(57)60-51-52(50-59-53(56)47-44-41-38-35-21-18-15-12-9-6-3)61-55(58)49-46-43-40-37-34-32-29-27-25-23-20-17-14-11-8-5-2/h7,10,16,19,24,26-27,29-31,36,39,52H,4-6,8-9,11-15,17-18,20-23,25,28,32-35,37-38,40-51H2,1-3H3/b10-7-,19-16-,26-24-,29-27-,31-30-,39-36-. The first kappa shape index (κ1) is 57.9. The Kier molecular flexibility index (Phi) is 46.9. The lowest BCUT2D eigenvalue weighted by Crippen LogP contribution is -2.30. The van der Waals surface area contributed by atoms with E-state index in [0.717, 1.165) is 89.9 Å². The number of allylic oxidation sites excluding steroid dienone is 12. The van der Waals surface area contributed by atoms with Crippen LogP contribution in [0.4, 0.5) is 0 Å². The third kappa shape index (κ3) is 47.7. The number of rotatable bonds is 45. The van der Waals surface area contributed by atoms with Gasteiger partial charge in [0, 0.05) is 19.3 Å². The predicted molar refractivity (Wildman–Crippen MR) is 261 cm³/mol. The fourth-order valence-corrected chi connectivity index (χ4v) is 6.88. The number of carbonyl (C=O) groups is 3. The van der Waals surface area contributed by atoms with Crippen molar-refractivity contribution in [3.63, 3.8) is 0 Å². The van der Waals surface area contributed by atoms with Gasteiger partial charge >= 0.3 is 17.9 Å². The summed E-state index contributed by atoms with van der Waals surface area (Å²) < 4.78 is 16.7. The Labute approximate surface area is 376 Å². The summed E-state index contributed by atoms with van der Waals surface area (Å²) in [5.41, 5.74) is 0. The van der Waals surface area contributed by atoms with Crippen LogP contribution in [0.15, 0.2) is 72.9 Å². The third-order valence-corrected chi connectivity index (χ3v) is 10.7. The van der Waals surface area contributed by atoms with Gasteiger partial charge in [0.25, 0.3) is 0 Å². The summed E-state index contributed by atoms with van der Waals surface area (Å²) in [7, 11) is 0. The largest absolute Gasteiger partial charge is 0.462 e. The third-order valence-electron chi connectivity index (χ3n) is 10.7. The highest BCUT2D eigenvalue weighted by molar-refractivity contribution is 5.71. The molecule has 0 N–H and O–H groups in total. The Hall–Kier alpha value is -3.15. The average Bonchev–Trinajstić information content (AvgIpc) is 3.26. The molecule has 0 spiro atoms. The van der Waals surface area contributed by atoms with E-state index in [9.17, 15) is 14.4 Å². The molecule has 0 heterocycles. The minimum absolute atomic E-state index is 0.0951. The lowest BCUT2D eigenvalue weighted by Gasteiger charge is -2.18. The van der Waals surface area contributed by atoms with Crippen LogP contribution in [0.2, 0.25) is 0 Å². The van der Waals surface area contributed by atoms with Gasteiger partial charge in [0.15, 0.2) is 6.10 Å². The van der Waals surface area contributed by atoms with Crippen molar-refractivity contribution in [2.75, 3.05) is 13.2 Å². The molecule has 0 saturated carbocycles. The number of hydrogen-bond acceptors (Lipinski definition) is 6. The van der Waals surface area contributed by atoms with Crippen LogP contribution in [0.3, 0.4) is 0 Å². The molecular formula is C55H94O6. The summed E-state index contributed by atoms with van der Waals surface area (Å²) in [6, 6.07) is 0. The highest BCUT2D eigenvalue weighted by Gasteiger charge is 2.19. The summed E-state index contributed by atoms with van der Waals surface area (Å²) in [4.78, 5) is 37.9. The summed E-state index contributed by atoms with van der Waals surface area (Å²) in [5, 5.41) is 0. The Bertz CT molecular complexity index is 1160. The number of carbonyl (C=O) groups excluding carboxylic acids is 3. The Morgan fingerprint density at radius 3 is 1.08 bits per heavy atom. The zero-order valence-electron chi connectivity index (χ0n) is 39.9. The van der Waals surface area contributed by atoms with Crippen molar-refractivity contribution < 1.29 is 28.6 Å². The molecule has 0 aliphatic carbocycles. The summed E-state index contributed by atoms with van der Waals surface area (Å²) >= 11 is 0. The highest BCUT2D eigenvalue weighted by Crippen LogP contribution is 2.14. The summed E-state index contributed by atoms with van der Waals surface area (Å²) in [5.74, 6) is -0.965. The molecule has 1 unspecified atom stereocenters. The van der Waals surface area contributed by atoms with Crippen LogP contribution in [0.25, 0.3) is 0 Å². The quantitative estimate of drug-likeness (QED) is 0.0263. The second kappa shape index (κ2) is 49.5. The number of hydrogen-bond donors (Lipinski definition) is 0. The molecule has 6 nitrogen and oxygen atoms in total. The van der Waals surface area contributed by atoms with Crippen LogP contribution in [0.1, 0.15) is 239 Å². The number of esters is 3. The van der Waals surface area contributed by atoms with Crippen LogP contribution >= 0.6 is 0 Å². The van der Waals surface area contributed by atoms with Gasteiger partial charge in [0.2, 0.25) is 0 Å². The van der Waals surface area contributed by atoms with Gasteiger partial charge in [0.1, 0.15) is 13.2 Å². The maximum atomic E-state index is 12.8. The van der Waals surface area contributed by atoms with E-state index < -0.39 is 6.10 Å². The van der Waals surface area contributed by atoms with E-state index in [2.05, 4.69) is 93.7 Å². The van der Waals surface area contributed by atoms with E-state index in [1.54, 1.807) is 0 Å². The molecule has 0 rings (SSSR count). The minimum atomic E-state index is -0.799. The zero-order chi connectivity index (χ0) is 44.4. The number of ether oxygens (including phenoxy) is 3. The summed E-state index contributed by atoms with van der Waals surface area (Å²) in [6.45, 7) is 6.45. The molecule has 0 aromatic carbocycles. The molecule has 0 aromatic rings. The van der Waals surface area contributed by atoms with Crippen molar-refractivity contribution in [1.29, 1.82) is 0 Å². The van der Waals surface area contributed by atoms with Gasteiger partial charge in [-0.1, -0.05) is 209 Å². The predicted octanol–water partition coefficient (Wildman–Crippen LogP) is 16.6. The van der Waals surface area contributed by atoms with Crippen molar-refractivity contribution in [2.24, 2.45) is 0 Å². The molecule has 0 aromatic heterocycles. The maximum Gasteiger partial charge on any atom is 0.306 e. The topological polar surface area (TPSA) is 78.9 Å². The SMILES string of the molecule is CC/C=C\C/C=C\C/C=C\C/C=C\C/C=C\CCCC(=O)OCC(COC(=O)CCCCCCCCCCCC)OC(=O)CCCCCCC/C=C\CCCCCCCCC. The van der Waals surface area contributed by atoms with Crippen LogP contribution in [0, 0.1) is 0 Å². The van der Waals surface area contributed by atoms with Gasteiger partial charge in [-0.05, 0) is 83.5 Å². The summed E-state index contributed by atoms with van der Waals surface area (Å²) in [6.07, 6.45) is 61.8. The van der Waals surface area contributed by atoms with Crippen molar-refractivity contribution in [1.82, 2.24) is 0 Å². The zero-order valence-corrected chi connectivity index (χ0v) is 39.9. The maximum absolute atomic E-state index is 12.8. The van der Waals surface area contributed by atoms with Gasteiger partial charge in [-0.2, -0.15) is 0 Å². The van der Waals surface area contributed by atoms with Gasteiger partial charge < -0.3 is 14.2 Å². The van der Waals surface area contributed by atoms with E-state index in [-0.39, 0.29) is 37.5 Å². The van der Waals surface area contributed by atoms with E-state index in [0.29, 0.717) is 19.3 Å². The molecule has 0 fully saturated rings. The number of unbranched alkanes of at least 4 members (excludes halogenated alkanes) is 22. The molecule has 350 valence electrons. The molecule has 0 aliphatic heterocycles. The molecule has 6 heteroatoms. The molecular weight excluding hydrogens is 757 g/mol. The molecule has 0 aliphatic rings. The second-order valence-electron chi connectivity index (χ2n) is 16.7. The van der Waals surface area contributed by atoms with Crippen LogP contribution in [0.5, 0.6) is 0 Å². The molecule has 61 heavy (non-hydrogen) atoms. The second-order valence-corrected chi connectivity index (χ2v) is 16.7. The van der Waals surface area contributed by atoms with Crippen LogP contribution in [-0.2, 0) is 28.6 Å². The molecule has 1 atom stereocenters. The fraction of sp³-hybridized carbons (Fsp3) is 0.727. The van der Waals surface area contributed by atoms with Gasteiger partial charge in [-0.15, -0.1) is 0 Å². The minimum Gasteiger partial charge on any atom is -0.462 e. The normalized spacial score (nSPS) is 12.6. The van der Waals surface area contributed by atoms with Gasteiger partial charge in [-0.25, -0.2) is 0 Å². The van der Waals surface area contributed by atoms with Crippen molar-refractivity contribution in [2.45, 2.75) is 245 Å². The van der Waals surface area contributed by atoms with Crippen LogP contribution in [-0.4, -0.2) is 37.2 Å². The molecule has 0 bridgehead atoms. The van der Waals surface area contributed by atoms with Gasteiger partial charge in [-0.3, -0.25) is 14.4 Å². The average molecular weight is 851 g/mol. The van der Waals surface area contributed by atoms with Crippen molar-refractivity contribution >= 4 is 17.9 Å². The molecule has 0 radical (unpaired) electrons. The first-order valence-electron chi connectivity index (χ1n) is 25.4. The van der Waals surface area contributed by atoms with E-state index in [1.165, 1.54) is 103 Å². The first-order valence-corrected chi connectivity index (χ1v) is 25.4. The highest BCUT2D eigenvalue weighted by atomic mass is 16.6. The lowest BCUT2D eigenvalue weighted by molar-refractivity contribution is -0.167. The van der Waals surface area contributed by atoms with Crippen molar-refractivity contribution in [3.05, 3.63) is 72.9 Å². The van der Waals surface area contributed by atoms with E-state index in [4.69, 9.17) is 14.2 Å².